The van der Waals surface area contributed by atoms with Crippen molar-refractivity contribution in [2.75, 3.05) is 57.3 Å². The molecule has 0 unspecified atom stereocenters. The Hall–Kier alpha value is -2.57. The van der Waals surface area contributed by atoms with Crippen LogP contribution in [0.4, 0.5) is 5.69 Å². The first kappa shape index (κ1) is 17.3. The molecule has 3 amide bonds. The Morgan fingerprint density at radius 3 is 2.12 bits per heavy atom. The first-order chi connectivity index (χ1) is 12.1. The van der Waals surface area contributed by atoms with Crippen LogP contribution in [-0.4, -0.2) is 84.8 Å². The topological polar surface area (TPSA) is 64.2 Å². The number of hydrogen-bond acceptors (Lipinski definition) is 4. The van der Waals surface area contributed by atoms with Crippen molar-refractivity contribution in [2.24, 2.45) is 0 Å². The molecule has 1 aromatic rings. The van der Waals surface area contributed by atoms with Gasteiger partial charge in [0, 0.05) is 51.5 Å². The third-order valence-electron chi connectivity index (χ3n) is 4.86. The van der Waals surface area contributed by atoms with E-state index in [2.05, 4.69) is 17.0 Å². The average Bonchev–Trinajstić information content (AvgIpc) is 2.66. The lowest BCUT2D eigenvalue weighted by Crippen LogP contribution is -2.57. The number of para-hydroxylation sites is 1. The molecular formula is C18H24N4O3. The number of anilines is 1. The molecular weight excluding hydrogens is 320 g/mol. The highest BCUT2D eigenvalue weighted by molar-refractivity contribution is 6.35. The molecule has 2 saturated heterocycles. The van der Waals surface area contributed by atoms with Crippen molar-refractivity contribution in [2.45, 2.75) is 6.92 Å². The zero-order chi connectivity index (χ0) is 17.8. The maximum atomic E-state index is 12.5. The van der Waals surface area contributed by atoms with Crippen LogP contribution in [0, 0.1) is 0 Å². The first-order valence-corrected chi connectivity index (χ1v) is 8.76. The molecule has 25 heavy (non-hydrogen) atoms. The molecule has 2 fully saturated rings. The summed E-state index contributed by atoms with van der Waals surface area (Å²) in [7, 11) is 0. The van der Waals surface area contributed by atoms with Gasteiger partial charge in [0.15, 0.2) is 0 Å². The van der Waals surface area contributed by atoms with Crippen LogP contribution in [0.25, 0.3) is 0 Å². The van der Waals surface area contributed by atoms with Gasteiger partial charge in [0.05, 0.1) is 0 Å². The van der Waals surface area contributed by atoms with Gasteiger partial charge in [-0.2, -0.15) is 0 Å². The lowest BCUT2D eigenvalue weighted by atomic mass is 10.2. The fourth-order valence-electron chi connectivity index (χ4n) is 3.28. The lowest BCUT2D eigenvalue weighted by Gasteiger charge is -2.38. The SMILES string of the molecule is CCN1CCN(CC(=O)N2CCN(c3ccccc3)CC2)C(=O)C1=O. The number of hydrogen-bond donors (Lipinski definition) is 0. The van der Waals surface area contributed by atoms with Crippen LogP contribution in [0.5, 0.6) is 0 Å². The predicted molar refractivity (Wildman–Crippen MR) is 94.1 cm³/mol. The van der Waals surface area contributed by atoms with Gasteiger partial charge >= 0.3 is 11.8 Å². The number of rotatable bonds is 4. The quantitative estimate of drug-likeness (QED) is 0.723. The second kappa shape index (κ2) is 7.55. The zero-order valence-corrected chi connectivity index (χ0v) is 14.6. The average molecular weight is 344 g/mol. The van der Waals surface area contributed by atoms with E-state index in [4.69, 9.17) is 0 Å². The predicted octanol–water partition coefficient (Wildman–Crippen LogP) is 0.0259. The highest BCUT2D eigenvalue weighted by Crippen LogP contribution is 2.16. The van der Waals surface area contributed by atoms with Gasteiger partial charge in [0.25, 0.3) is 0 Å². The van der Waals surface area contributed by atoms with E-state index in [1.54, 1.807) is 4.90 Å². The van der Waals surface area contributed by atoms with E-state index in [-0.39, 0.29) is 12.5 Å². The maximum Gasteiger partial charge on any atom is 0.312 e. The van der Waals surface area contributed by atoms with Crippen LogP contribution in [0.1, 0.15) is 6.92 Å². The molecule has 2 heterocycles. The highest BCUT2D eigenvalue weighted by atomic mass is 16.2. The minimum atomic E-state index is -0.565. The number of carbonyl (C=O) groups is 3. The Balaban J connectivity index is 1.52. The highest BCUT2D eigenvalue weighted by Gasteiger charge is 2.33. The Labute approximate surface area is 147 Å². The summed E-state index contributed by atoms with van der Waals surface area (Å²) in [5.41, 5.74) is 1.16. The van der Waals surface area contributed by atoms with E-state index in [0.717, 1.165) is 18.8 Å². The van der Waals surface area contributed by atoms with Crippen LogP contribution in [0.2, 0.25) is 0 Å². The largest absolute Gasteiger partial charge is 0.368 e. The lowest BCUT2D eigenvalue weighted by molar-refractivity contribution is -0.157. The van der Waals surface area contributed by atoms with Gasteiger partial charge in [-0.25, -0.2) is 0 Å². The molecule has 7 nitrogen and oxygen atoms in total. The number of nitrogens with zero attached hydrogens (tertiary/aromatic N) is 4. The van der Waals surface area contributed by atoms with Crippen LogP contribution >= 0.6 is 0 Å². The molecule has 0 spiro atoms. The number of amides is 3. The molecule has 0 bridgehead atoms. The van der Waals surface area contributed by atoms with Gasteiger partial charge < -0.3 is 19.6 Å². The van der Waals surface area contributed by atoms with E-state index < -0.39 is 11.8 Å². The van der Waals surface area contributed by atoms with Crippen molar-refractivity contribution in [1.82, 2.24) is 14.7 Å². The van der Waals surface area contributed by atoms with Crippen molar-refractivity contribution >= 4 is 23.4 Å². The van der Waals surface area contributed by atoms with Gasteiger partial charge in [-0.3, -0.25) is 14.4 Å². The van der Waals surface area contributed by atoms with Gasteiger partial charge in [0.2, 0.25) is 5.91 Å². The van der Waals surface area contributed by atoms with E-state index in [1.165, 1.54) is 9.80 Å². The van der Waals surface area contributed by atoms with Crippen molar-refractivity contribution in [3.8, 4) is 0 Å². The normalized spacial score (nSPS) is 18.8. The van der Waals surface area contributed by atoms with E-state index in [0.29, 0.717) is 32.7 Å². The van der Waals surface area contributed by atoms with Crippen molar-refractivity contribution in [3.05, 3.63) is 30.3 Å². The maximum absolute atomic E-state index is 12.5. The molecule has 0 atom stereocenters. The van der Waals surface area contributed by atoms with Gasteiger partial charge in [-0.15, -0.1) is 0 Å². The van der Waals surface area contributed by atoms with Crippen LogP contribution in [0.15, 0.2) is 30.3 Å². The third kappa shape index (κ3) is 3.75. The molecule has 2 aliphatic heterocycles. The smallest absolute Gasteiger partial charge is 0.312 e. The minimum absolute atomic E-state index is 0.00648. The van der Waals surface area contributed by atoms with Crippen molar-refractivity contribution < 1.29 is 14.4 Å². The second-order valence-electron chi connectivity index (χ2n) is 6.31. The summed E-state index contributed by atoms with van der Waals surface area (Å²) in [5.74, 6) is -1.15. The zero-order valence-electron chi connectivity index (χ0n) is 14.6. The Kier molecular flexibility index (Phi) is 5.21. The van der Waals surface area contributed by atoms with E-state index >= 15 is 0 Å². The third-order valence-corrected chi connectivity index (χ3v) is 4.86. The summed E-state index contributed by atoms with van der Waals surface area (Å²) in [5, 5.41) is 0. The molecule has 0 aliphatic carbocycles. The summed E-state index contributed by atoms with van der Waals surface area (Å²) >= 11 is 0. The molecule has 3 rings (SSSR count). The molecule has 7 heteroatoms. The molecule has 1 aromatic carbocycles. The standard InChI is InChI=1S/C18H24N4O3/c1-2-19-8-13-22(18(25)17(19)24)14-16(23)21-11-9-20(10-12-21)15-6-4-3-5-7-15/h3-7H,2,8-14H2,1H3. The number of benzene rings is 1. The Bertz CT molecular complexity index is 641. The summed E-state index contributed by atoms with van der Waals surface area (Å²) < 4.78 is 0. The molecule has 134 valence electrons. The molecule has 0 saturated carbocycles. The van der Waals surface area contributed by atoms with Crippen LogP contribution < -0.4 is 4.90 Å². The monoisotopic (exact) mass is 344 g/mol. The summed E-state index contributed by atoms with van der Waals surface area (Å²) in [6, 6.07) is 10.1. The second-order valence-corrected chi connectivity index (χ2v) is 6.31. The molecule has 0 radical (unpaired) electrons. The summed E-state index contributed by atoms with van der Waals surface area (Å²) in [4.78, 5) is 43.5. The number of piperazine rings is 2. The molecule has 0 aromatic heterocycles. The Morgan fingerprint density at radius 2 is 1.48 bits per heavy atom. The van der Waals surface area contributed by atoms with Gasteiger partial charge in [-0.1, -0.05) is 18.2 Å². The molecule has 2 aliphatic rings. The van der Waals surface area contributed by atoms with Crippen molar-refractivity contribution in [3.63, 3.8) is 0 Å². The summed E-state index contributed by atoms with van der Waals surface area (Å²) in [6.07, 6.45) is 0. The number of carbonyl (C=O) groups excluding carboxylic acids is 3. The molecule has 0 N–H and O–H groups in total. The van der Waals surface area contributed by atoms with Crippen LogP contribution in [-0.2, 0) is 14.4 Å². The van der Waals surface area contributed by atoms with Gasteiger partial charge in [0.1, 0.15) is 6.54 Å². The minimum Gasteiger partial charge on any atom is -0.368 e. The fraction of sp³-hybridized carbons (Fsp3) is 0.500. The van der Waals surface area contributed by atoms with Crippen molar-refractivity contribution in [1.29, 1.82) is 0 Å². The fourth-order valence-corrected chi connectivity index (χ4v) is 3.28. The van der Waals surface area contributed by atoms with Crippen LogP contribution in [0.3, 0.4) is 0 Å². The summed E-state index contributed by atoms with van der Waals surface area (Å²) in [6.45, 7) is 6.08. The Morgan fingerprint density at radius 1 is 0.880 bits per heavy atom. The van der Waals surface area contributed by atoms with E-state index in [1.807, 2.05) is 25.1 Å². The number of likely N-dealkylation sites (N-methyl/N-ethyl adjacent to an activating group) is 1. The first-order valence-electron chi connectivity index (χ1n) is 8.76. The van der Waals surface area contributed by atoms with E-state index in [9.17, 15) is 14.4 Å². The van der Waals surface area contributed by atoms with Gasteiger partial charge in [-0.05, 0) is 19.1 Å².